The van der Waals surface area contributed by atoms with Crippen LogP contribution in [0.25, 0.3) is 0 Å². The van der Waals surface area contributed by atoms with E-state index in [1.54, 1.807) is 18.3 Å². The highest BCUT2D eigenvalue weighted by molar-refractivity contribution is 6.16. The number of halogens is 3. The lowest BCUT2D eigenvalue weighted by molar-refractivity contribution is -0.148. The predicted octanol–water partition coefficient (Wildman–Crippen LogP) is 3.70. The van der Waals surface area contributed by atoms with Crippen LogP contribution in [-0.2, 0) is 22.3 Å². The molecule has 160 valence electrons. The van der Waals surface area contributed by atoms with Crippen molar-refractivity contribution >= 4 is 17.6 Å². The Hall–Kier alpha value is -3.10. The molecule has 30 heavy (non-hydrogen) atoms. The second-order valence-electron chi connectivity index (χ2n) is 7.15. The molecule has 0 fully saturated rings. The van der Waals surface area contributed by atoms with Crippen LogP contribution in [0.1, 0.15) is 37.8 Å². The van der Waals surface area contributed by atoms with E-state index in [2.05, 4.69) is 10.3 Å². The molecule has 9 heteroatoms. The second kappa shape index (κ2) is 8.33. The van der Waals surface area contributed by atoms with Crippen LogP contribution >= 0.6 is 0 Å². The van der Waals surface area contributed by atoms with Gasteiger partial charge in [0, 0.05) is 19.3 Å². The molecule has 1 aliphatic heterocycles. The Morgan fingerprint density at radius 3 is 2.57 bits per heavy atom. The second-order valence-corrected chi connectivity index (χ2v) is 7.15. The molecule has 0 bridgehead atoms. The number of ether oxygens (including phenoxy) is 1. The summed E-state index contributed by atoms with van der Waals surface area (Å²) in [4.78, 5) is 31.6. The molecule has 0 radical (unpaired) electrons. The van der Waals surface area contributed by atoms with E-state index in [4.69, 9.17) is 4.74 Å². The van der Waals surface area contributed by atoms with E-state index in [0.717, 1.165) is 25.0 Å². The number of pyridine rings is 1. The Balaban J connectivity index is 1.76. The Bertz CT molecular complexity index is 931. The number of rotatable bonds is 6. The highest BCUT2D eigenvalue weighted by Crippen LogP contribution is 2.36. The molecule has 1 aliphatic rings. The van der Waals surface area contributed by atoms with Gasteiger partial charge in [0.15, 0.2) is 11.6 Å². The van der Waals surface area contributed by atoms with Crippen LogP contribution in [0.4, 0.5) is 19.0 Å². The van der Waals surface area contributed by atoms with Crippen molar-refractivity contribution in [3.63, 3.8) is 0 Å². The van der Waals surface area contributed by atoms with E-state index < -0.39 is 29.2 Å². The van der Waals surface area contributed by atoms with Gasteiger partial charge < -0.3 is 10.1 Å². The first-order valence-electron chi connectivity index (χ1n) is 9.57. The molecule has 3 rings (SSSR count). The molecule has 0 aliphatic carbocycles. The summed E-state index contributed by atoms with van der Waals surface area (Å²) in [6, 6.07) is 7.73. The third-order valence-electron chi connectivity index (χ3n) is 4.88. The van der Waals surface area contributed by atoms with Crippen LogP contribution in [-0.4, -0.2) is 28.9 Å². The third-order valence-corrected chi connectivity index (χ3v) is 4.88. The number of carbonyl (C=O) groups is 2. The molecule has 0 unspecified atom stereocenters. The first-order valence-corrected chi connectivity index (χ1v) is 9.57. The highest BCUT2D eigenvalue weighted by atomic mass is 19.4. The molecule has 1 aromatic heterocycles. The Labute approximate surface area is 172 Å². The van der Waals surface area contributed by atoms with Crippen molar-refractivity contribution in [2.24, 2.45) is 0 Å². The van der Waals surface area contributed by atoms with Crippen molar-refractivity contribution < 1.29 is 27.5 Å². The number of alkyl halides is 3. The summed E-state index contributed by atoms with van der Waals surface area (Å²) >= 11 is 0. The van der Waals surface area contributed by atoms with Crippen LogP contribution in [0.3, 0.4) is 0 Å². The molecule has 1 aromatic carbocycles. The Morgan fingerprint density at radius 2 is 1.93 bits per heavy atom. The summed E-state index contributed by atoms with van der Waals surface area (Å²) in [6.45, 7) is 3.72. The lowest BCUT2D eigenvalue weighted by Crippen LogP contribution is -2.62. The first kappa shape index (κ1) is 21.6. The van der Waals surface area contributed by atoms with Crippen molar-refractivity contribution in [3.8, 4) is 5.75 Å². The minimum atomic E-state index is -4.43. The smallest absolute Gasteiger partial charge is 0.416 e. The van der Waals surface area contributed by atoms with Crippen LogP contribution < -0.4 is 15.0 Å². The number of aromatic nitrogens is 1. The molecule has 2 amide bonds. The van der Waals surface area contributed by atoms with Gasteiger partial charge >= 0.3 is 6.18 Å². The number of nitrogens with zero attached hydrogens (tertiary/aromatic N) is 2. The third kappa shape index (κ3) is 4.24. The lowest BCUT2D eigenvalue weighted by atomic mass is 10.0. The maximum atomic E-state index is 13.1. The summed E-state index contributed by atoms with van der Waals surface area (Å²) in [5.74, 6) is -0.528. The normalized spacial score (nSPS) is 18.6. The van der Waals surface area contributed by atoms with E-state index >= 15 is 0 Å². The highest BCUT2D eigenvalue weighted by Gasteiger charge is 2.51. The quantitative estimate of drug-likeness (QED) is 0.722. The summed E-state index contributed by atoms with van der Waals surface area (Å²) in [5.41, 5.74) is -2.12. The first-order chi connectivity index (χ1) is 14.2. The van der Waals surface area contributed by atoms with Crippen molar-refractivity contribution in [1.29, 1.82) is 0 Å². The van der Waals surface area contributed by atoms with E-state index in [0.29, 0.717) is 23.7 Å². The molecule has 0 saturated heterocycles. The number of unbranched alkanes of at least 4 members (excludes halogenated alkanes) is 1. The van der Waals surface area contributed by atoms with Gasteiger partial charge in [0.2, 0.25) is 0 Å². The fourth-order valence-electron chi connectivity index (χ4n) is 3.11. The standard InChI is InChI=1S/C21H22F3N3O3/c1-3-4-12-27-17-16(6-5-11-25-17)30-20(2,19(27)29)18(28)26-13-14-7-9-15(10-8-14)21(22,23)24/h5-11H,3-4,12-13H2,1-2H3,(H,26,28)/t20-/m1/s1. The van der Waals surface area contributed by atoms with E-state index in [9.17, 15) is 22.8 Å². The molecule has 6 nitrogen and oxygen atoms in total. The minimum Gasteiger partial charge on any atom is -0.464 e. The topological polar surface area (TPSA) is 71.5 Å². The van der Waals surface area contributed by atoms with Crippen molar-refractivity contribution in [2.75, 3.05) is 11.4 Å². The Morgan fingerprint density at radius 1 is 1.23 bits per heavy atom. The largest absolute Gasteiger partial charge is 0.464 e. The summed E-state index contributed by atoms with van der Waals surface area (Å²) in [7, 11) is 0. The molecule has 2 aromatic rings. The monoisotopic (exact) mass is 421 g/mol. The molecule has 2 heterocycles. The van der Waals surface area contributed by atoms with Crippen LogP contribution in [0, 0.1) is 0 Å². The van der Waals surface area contributed by atoms with Crippen molar-refractivity contribution in [3.05, 3.63) is 53.7 Å². The van der Waals surface area contributed by atoms with Gasteiger partial charge in [-0.25, -0.2) is 4.98 Å². The fraction of sp³-hybridized carbons (Fsp3) is 0.381. The number of anilines is 1. The fourth-order valence-corrected chi connectivity index (χ4v) is 3.11. The zero-order valence-electron chi connectivity index (χ0n) is 16.6. The summed E-state index contributed by atoms with van der Waals surface area (Å²) < 4.78 is 43.8. The van der Waals surface area contributed by atoms with Crippen LogP contribution in [0.2, 0.25) is 0 Å². The lowest BCUT2D eigenvalue weighted by Gasteiger charge is -2.38. The Kier molecular flexibility index (Phi) is 6.00. The average molecular weight is 421 g/mol. The van der Waals surface area contributed by atoms with E-state index in [-0.39, 0.29) is 6.54 Å². The zero-order valence-corrected chi connectivity index (χ0v) is 16.6. The SMILES string of the molecule is CCCCN1C(=O)[C@@](C)(C(=O)NCc2ccc(C(F)(F)F)cc2)Oc2cccnc21. The number of hydrogen-bond acceptors (Lipinski definition) is 4. The zero-order chi connectivity index (χ0) is 21.9. The van der Waals surface area contributed by atoms with Gasteiger partial charge in [-0.15, -0.1) is 0 Å². The van der Waals surface area contributed by atoms with Gasteiger partial charge in [0.1, 0.15) is 0 Å². The van der Waals surface area contributed by atoms with Gasteiger partial charge in [-0.1, -0.05) is 25.5 Å². The number of nitrogens with one attached hydrogen (secondary N) is 1. The maximum Gasteiger partial charge on any atom is 0.416 e. The van der Waals surface area contributed by atoms with E-state index in [1.807, 2.05) is 6.92 Å². The van der Waals surface area contributed by atoms with Gasteiger partial charge in [0.05, 0.1) is 5.56 Å². The van der Waals surface area contributed by atoms with Gasteiger partial charge in [-0.3, -0.25) is 14.5 Å². The molecule has 1 N–H and O–H groups in total. The molecular formula is C21H22F3N3O3. The van der Waals surface area contributed by atoms with Gasteiger partial charge in [0.25, 0.3) is 17.4 Å². The minimum absolute atomic E-state index is 0.0436. The molecule has 0 saturated carbocycles. The van der Waals surface area contributed by atoms with Crippen LogP contribution in [0.15, 0.2) is 42.6 Å². The van der Waals surface area contributed by atoms with E-state index in [1.165, 1.54) is 24.0 Å². The maximum absolute atomic E-state index is 13.1. The van der Waals surface area contributed by atoms with Crippen molar-refractivity contribution in [2.45, 2.75) is 45.0 Å². The summed E-state index contributed by atoms with van der Waals surface area (Å²) in [6.07, 6.45) is -1.31. The van der Waals surface area contributed by atoms with Crippen molar-refractivity contribution in [1.82, 2.24) is 10.3 Å². The average Bonchev–Trinajstić information content (AvgIpc) is 2.72. The predicted molar refractivity (Wildman–Crippen MR) is 104 cm³/mol. The molecule has 0 spiro atoms. The number of carbonyl (C=O) groups excluding carboxylic acids is 2. The van der Waals surface area contributed by atoms with Crippen LogP contribution in [0.5, 0.6) is 5.75 Å². The number of amides is 2. The number of hydrogen-bond donors (Lipinski definition) is 1. The molecular weight excluding hydrogens is 399 g/mol. The summed E-state index contributed by atoms with van der Waals surface area (Å²) in [5, 5.41) is 2.59. The molecule has 1 atom stereocenters. The number of fused-ring (bicyclic) bond motifs is 1. The van der Waals surface area contributed by atoms with Gasteiger partial charge in [-0.2, -0.15) is 13.2 Å². The number of benzene rings is 1. The van der Waals surface area contributed by atoms with Gasteiger partial charge in [-0.05, 0) is 43.2 Å².